The van der Waals surface area contributed by atoms with E-state index in [9.17, 15) is 10.1 Å². The van der Waals surface area contributed by atoms with E-state index >= 15 is 0 Å². The predicted molar refractivity (Wildman–Crippen MR) is 135 cm³/mol. The Balaban J connectivity index is 1.36. The van der Waals surface area contributed by atoms with Crippen molar-refractivity contribution in [2.45, 2.75) is 44.7 Å². The summed E-state index contributed by atoms with van der Waals surface area (Å²) in [5.74, 6) is 0.990. The third-order valence-electron chi connectivity index (χ3n) is 6.97. The number of pyridine rings is 1. The first-order chi connectivity index (χ1) is 16.9. The van der Waals surface area contributed by atoms with Crippen LogP contribution < -0.4 is 10.6 Å². The fraction of sp³-hybridized carbons (Fsp3) is 0.480. The van der Waals surface area contributed by atoms with Crippen LogP contribution in [-0.4, -0.2) is 57.0 Å². The molecule has 3 N–H and O–H groups in total. The largest absolute Gasteiger partial charge is 0.381 e. The molecule has 1 amide bonds. The van der Waals surface area contributed by atoms with Crippen molar-refractivity contribution in [1.82, 2.24) is 25.2 Å². The molecule has 1 saturated carbocycles. The zero-order chi connectivity index (χ0) is 24.6. The summed E-state index contributed by atoms with van der Waals surface area (Å²) < 4.78 is 0. The van der Waals surface area contributed by atoms with Gasteiger partial charge in [-0.2, -0.15) is 10.5 Å². The molecule has 3 aromatic rings. The number of aromatic amines is 1. The lowest BCUT2D eigenvalue weighted by atomic mass is 10.0. The van der Waals surface area contributed by atoms with Crippen LogP contribution in [0.15, 0.2) is 24.7 Å². The molecular weight excluding hydrogens is 460 g/mol. The summed E-state index contributed by atoms with van der Waals surface area (Å²) >= 11 is 1.30. The molecule has 9 nitrogen and oxygen atoms in total. The Morgan fingerprint density at radius 1 is 1.26 bits per heavy atom. The number of amides is 1. The van der Waals surface area contributed by atoms with Crippen LogP contribution >= 0.6 is 11.3 Å². The van der Waals surface area contributed by atoms with E-state index in [1.54, 1.807) is 26.2 Å². The van der Waals surface area contributed by atoms with Crippen molar-refractivity contribution >= 4 is 34.0 Å². The molecule has 4 heterocycles. The van der Waals surface area contributed by atoms with Crippen molar-refractivity contribution in [3.8, 4) is 22.7 Å². The lowest BCUT2D eigenvalue weighted by Crippen LogP contribution is -2.41. The second kappa shape index (κ2) is 9.29. The number of aromatic nitrogens is 3. The number of fused-ring (bicyclic) bond motifs is 2. The van der Waals surface area contributed by atoms with Gasteiger partial charge in [0.05, 0.1) is 29.6 Å². The van der Waals surface area contributed by atoms with Crippen LogP contribution in [-0.2, 0) is 0 Å². The molecule has 2 fully saturated rings. The van der Waals surface area contributed by atoms with Crippen LogP contribution in [0.3, 0.4) is 0 Å². The number of hydrogen-bond donors (Lipinski definition) is 3. The number of nitrogens with one attached hydrogen (secondary N) is 3. The average molecular weight is 489 g/mol. The van der Waals surface area contributed by atoms with Gasteiger partial charge < -0.3 is 20.5 Å². The van der Waals surface area contributed by atoms with E-state index in [1.807, 2.05) is 12.3 Å². The third-order valence-corrected chi connectivity index (χ3v) is 8.00. The molecule has 5 rings (SSSR count). The molecule has 0 radical (unpaired) electrons. The maximum Gasteiger partial charge on any atom is 0.264 e. The molecule has 10 heteroatoms. The van der Waals surface area contributed by atoms with Crippen LogP contribution in [0.2, 0.25) is 0 Å². The number of hydrogen-bond acceptors (Lipinski definition) is 8. The van der Waals surface area contributed by atoms with Crippen LogP contribution in [0.4, 0.5) is 5.69 Å². The number of carbonyl (C=O) groups excluding carboxylic acids is 1. The summed E-state index contributed by atoms with van der Waals surface area (Å²) in [6.45, 7) is 6.33. The van der Waals surface area contributed by atoms with Gasteiger partial charge in [-0.1, -0.05) is 0 Å². The van der Waals surface area contributed by atoms with Crippen molar-refractivity contribution in [3.63, 3.8) is 0 Å². The Bertz CT molecular complexity index is 1320. The monoisotopic (exact) mass is 488 g/mol. The minimum Gasteiger partial charge on any atom is -0.381 e. The quantitative estimate of drug-likeness (QED) is 0.461. The number of nitriles is 2. The van der Waals surface area contributed by atoms with Crippen LogP contribution in [0.25, 0.3) is 21.6 Å². The highest BCUT2D eigenvalue weighted by Gasteiger charge is 2.41. The van der Waals surface area contributed by atoms with Crippen LogP contribution in [0.1, 0.15) is 42.8 Å². The SMILES string of the molecule is CC(C)(C#N)NC(=O)c1cnc(-c2cnc3[nH]ccc3c2NC2C[C@@H]3CN(CCC#N)C[C@@H]3C2)s1. The minimum atomic E-state index is -0.954. The zero-order valence-corrected chi connectivity index (χ0v) is 20.7. The van der Waals surface area contributed by atoms with E-state index in [2.05, 4.69) is 42.6 Å². The molecule has 3 atom stereocenters. The van der Waals surface area contributed by atoms with Gasteiger partial charge in [0.25, 0.3) is 5.91 Å². The van der Waals surface area contributed by atoms with E-state index in [0.29, 0.717) is 34.2 Å². The lowest BCUT2D eigenvalue weighted by molar-refractivity contribution is 0.0933. The van der Waals surface area contributed by atoms with E-state index in [1.165, 1.54) is 11.3 Å². The van der Waals surface area contributed by atoms with Gasteiger partial charge in [-0.25, -0.2) is 9.97 Å². The number of thiazole rings is 1. The van der Waals surface area contributed by atoms with Crippen LogP contribution in [0, 0.1) is 34.5 Å². The number of likely N-dealkylation sites (tertiary alicyclic amines) is 1. The van der Waals surface area contributed by atoms with Crippen molar-refractivity contribution < 1.29 is 4.79 Å². The standard InChI is InChI=1S/C25H28N8OS/c1-25(2,14-27)32-23(34)20-11-30-24(35-20)19-10-29-22-18(4-6-28-22)21(19)31-17-8-15-12-33(7-3-5-26)13-16(15)9-17/h4,6,10-11,15-17H,3,7-9,12-13H2,1-2H3,(H,32,34)(H2,28,29,31)/t15-,16+,17?. The number of anilines is 1. The normalized spacial score (nSPS) is 22.0. The molecule has 1 unspecified atom stereocenters. The Hall–Kier alpha value is -3.47. The summed E-state index contributed by atoms with van der Waals surface area (Å²) in [5.41, 5.74) is 1.71. The maximum absolute atomic E-state index is 12.7. The predicted octanol–water partition coefficient (Wildman–Crippen LogP) is 3.75. The molecule has 0 spiro atoms. The first-order valence-corrected chi connectivity index (χ1v) is 12.7. The molecule has 1 aliphatic heterocycles. The van der Waals surface area contributed by atoms with E-state index in [4.69, 9.17) is 5.26 Å². The average Bonchev–Trinajstić information content (AvgIpc) is 3.60. The van der Waals surface area contributed by atoms with Crippen molar-refractivity contribution in [3.05, 3.63) is 29.5 Å². The smallest absolute Gasteiger partial charge is 0.264 e. The zero-order valence-electron chi connectivity index (χ0n) is 19.8. The molecule has 0 bridgehead atoms. The first-order valence-electron chi connectivity index (χ1n) is 11.9. The van der Waals surface area contributed by atoms with Gasteiger partial charge in [-0.3, -0.25) is 4.79 Å². The summed E-state index contributed by atoms with van der Waals surface area (Å²) in [6, 6.07) is 6.71. The van der Waals surface area contributed by atoms with Gasteiger partial charge in [0.2, 0.25) is 0 Å². The molecule has 180 valence electrons. The summed E-state index contributed by atoms with van der Waals surface area (Å²) in [4.78, 5) is 27.8. The Morgan fingerprint density at radius 2 is 2.03 bits per heavy atom. The van der Waals surface area contributed by atoms with E-state index in [-0.39, 0.29) is 5.91 Å². The van der Waals surface area contributed by atoms with Crippen molar-refractivity contribution in [2.75, 3.05) is 25.0 Å². The fourth-order valence-electron chi connectivity index (χ4n) is 5.31. The number of rotatable bonds is 7. The van der Waals surface area contributed by atoms with E-state index < -0.39 is 5.54 Å². The molecule has 1 saturated heterocycles. The second-order valence-corrected chi connectivity index (χ2v) is 11.0. The van der Waals surface area contributed by atoms with E-state index in [0.717, 1.165) is 54.8 Å². The highest BCUT2D eigenvalue weighted by atomic mass is 32.1. The molecule has 2 aliphatic rings. The maximum atomic E-state index is 12.7. The van der Waals surface area contributed by atoms with Gasteiger partial charge in [0.1, 0.15) is 21.1 Å². The number of H-pyrrole nitrogens is 1. The molecular formula is C25H28N8OS. The highest BCUT2D eigenvalue weighted by molar-refractivity contribution is 7.17. The van der Waals surface area contributed by atoms with Crippen LogP contribution in [0.5, 0.6) is 0 Å². The molecule has 0 aromatic carbocycles. The van der Waals surface area contributed by atoms with Gasteiger partial charge in [-0.05, 0) is 44.6 Å². The fourth-order valence-corrected chi connectivity index (χ4v) is 6.14. The first kappa shape index (κ1) is 23.3. The third kappa shape index (κ3) is 4.72. The summed E-state index contributed by atoms with van der Waals surface area (Å²) in [7, 11) is 0. The van der Waals surface area contributed by atoms with Gasteiger partial charge in [0, 0.05) is 49.9 Å². The van der Waals surface area contributed by atoms with Gasteiger partial charge in [-0.15, -0.1) is 11.3 Å². The lowest BCUT2D eigenvalue weighted by Gasteiger charge is -2.21. The molecule has 35 heavy (non-hydrogen) atoms. The molecule has 1 aliphatic carbocycles. The Morgan fingerprint density at radius 3 is 2.74 bits per heavy atom. The van der Waals surface area contributed by atoms with Gasteiger partial charge >= 0.3 is 0 Å². The number of nitrogens with zero attached hydrogens (tertiary/aromatic N) is 5. The summed E-state index contributed by atoms with van der Waals surface area (Å²) in [5, 5.41) is 26.4. The second-order valence-electron chi connectivity index (χ2n) is 10.0. The number of carbonyl (C=O) groups is 1. The Kier molecular flexibility index (Phi) is 6.18. The van der Waals surface area contributed by atoms with Gasteiger partial charge in [0.15, 0.2) is 0 Å². The topological polar surface area (TPSA) is 134 Å². The molecule has 3 aromatic heterocycles. The minimum absolute atomic E-state index is 0.310. The van der Waals surface area contributed by atoms with Crippen molar-refractivity contribution in [2.24, 2.45) is 11.8 Å². The van der Waals surface area contributed by atoms with Crippen molar-refractivity contribution in [1.29, 1.82) is 10.5 Å². The Labute approximate surface area is 208 Å². The summed E-state index contributed by atoms with van der Waals surface area (Å²) in [6.07, 6.45) is 8.03. The highest BCUT2D eigenvalue weighted by Crippen LogP contribution is 2.42.